The lowest BCUT2D eigenvalue weighted by molar-refractivity contribution is -0.137. The standard InChI is InChI=1S/C13H13N3O2/c1-9-4-2-5-11-10(8-14)15-12(16(9)11)6-3-7-13(17)18/h2,4-5H,3,6-7H2,1H3,(H,17,18). The molecule has 1 N–H and O–H groups in total. The van der Waals surface area contributed by atoms with Crippen molar-refractivity contribution < 1.29 is 9.90 Å². The van der Waals surface area contributed by atoms with Gasteiger partial charge in [0.1, 0.15) is 11.9 Å². The smallest absolute Gasteiger partial charge is 0.303 e. The van der Waals surface area contributed by atoms with Gasteiger partial charge in [0.15, 0.2) is 5.69 Å². The van der Waals surface area contributed by atoms with E-state index in [0.717, 1.165) is 17.0 Å². The predicted molar refractivity (Wildman–Crippen MR) is 65.2 cm³/mol. The van der Waals surface area contributed by atoms with Gasteiger partial charge in [-0.25, -0.2) is 4.98 Å². The number of aryl methyl sites for hydroxylation is 2. The number of fused-ring (bicyclic) bond motifs is 1. The first-order chi connectivity index (χ1) is 8.63. The van der Waals surface area contributed by atoms with E-state index in [2.05, 4.69) is 11.1 Å². The minimum atomic E-state index is -0.812. The number of nitriles is 1. The van der Waals surface area contributed by atoms with Crippen molar-refractivity contribution in [3.8, 4) is 6.07 Å². The van der Waals surface area contributed by atoms with Crippen LogP contribution in [0.3, 0.4) is 0 Å². The summed E-state index contributed by atoms with van der Waals surface area (Å²) in [6.45, 7) is 1.94. The number of carboxylic acid groups (broad SMARTS) is 1. The number of pyridine rings is 1. The summed E-state index contributed by atoms with van der Waals surface area (Å²) in [7, 11) is 0. The highest BCUT2D eigenvalue weighted by Gasteiger charge is 2.12. The minimum Gasteiger partial charge on any atom is -0.481 e. The molecular formula is C13H13N3O2. The van der Waals surface area contributed by atoms with E-state index in [-0.39, 0.29) is 6.42 Å². The lowest BCUT2D eigenvalue weighted by Crippen LogP contribution is -2.01. The van der Waals surface area contributed by atoms with Gasteiger partial charge < -0.3 is 5.11 Å². The second-order valence-corrected chi connectivity index (χ2v) is 4.12. The van der Waals surface area contributed by atoms with E-state index in [0.29, 0.717) is 18.5 Å². The van der Waals surface area contributed by atoms with E-state index in [9.17, 15) is 4.79 Å². The Kier molecular flexibility index (Phi) is 3.28. The Hall–Kier alpha value is -2.35. The maximum atomic E-state index is 10.5. The molecule has 0 fully saturated rings. The molecule has 0 unspecified atom stereocenters. The van der Waals surface area contributed by atoms with Gasteiger partial charge in [-0.15, -0.1) is 0 Å². The normalized spacial score (nSPS) is 10.4. The molecule has 2 heterocycles. The number of imidazole rings is 1. The van der Waals surface area contributed by atoms with Gasteiger partial charge in [-0.2, -0.15) is 5.26 Å². The van der Waals surface area contributed by atoms with Crippen molar-refractivity contribution in [3.63, 3.8) is 0 Å². The third kappa shape index (κ3) is 2.18. The molecule has 0 amide bonds. The molecular weight excluding hydrogens is 230 g/mol. The Bertz CT molecular complexity index is 637. The van der Waals surface area contributed by atoms with Crippen molar-refractivity contribution >= 4 is 11.5 Å². The molecule has 0 saturated carbocycles. The average Bonchev–Trinajstić information content (AvgIpc) is 2.68. The quantitative estimate of drug-likeness (QED) is 0.889. The summed E-state index contributed by atoms with van der Waals surface area (Å²) in [6, 6.07) is 7.74. The van der Waals surface area contributed by atoms with Gasteiger partial charge in [-0.3, -0.25) is 9.20 Å². The van der Waals surface area contributed by atoms with Gasteiger partial charge in [0.2, 0.25) is 0 Å². The Morgan fingerprint density at radius 2 is 2.33 bits per heavy atom. The van der Waals surface area contributed by atoms with E-state index in [1.54, 1.807) is 0 Å². The molecule has 5 heteroatoms. The Morgan fingerprint density at radius 1 is 1.56 bits per heavy atom. The van der Waals surface area contributed by atoms with Crippen LogP contribution < -0.4 is 0 Å². The summed E-state index contributed by atoms with van der Waals surface area (Å²) in [6.07, 6.45) is 1.19. The number of hydrogen-bond donors (Lipinski definition) is 1. The van der Waals surface area contributed by atoms with E-state index < -0.39 is 5.97 Å². The van der Waals surface area contributed by atoms with Crippen LogP contribution in [0.4, 0.5) is 0 Å². The van der Waals surface area contributed by atoms with Gasteiger partial charge in [0.25, 0.3) is 0 Å². The molecule has 0 aliphatic heterocycles. The molecule has 0 bridgehead atoms. The molecule has 0 radical (unpaired) electrons. The van der Waals surface area contributed by atoms with E-state index >= 15 is 0 Å². The molecule has 0 aromatic carbocycles. The fourth-order valence-electron chi connectivity index (χ4n) is 2.03. The lowest BCUT2D eigenvalue weighted by atomic mass is 10.2. The number of nitrogens with zero attached hydrogens (tertiary/aromatic N) is 3. The van der Waals surface area contributed by atoms with Crippen molar-refractivity contribution in [1.82, 2.24) is 9.38 Å². The maximum absolute atomic E-state index is 10.5. The Labute approximate surface area is 104 Å². The highest BCUT2D eigenvalue weighted by Crippen LogP contribution is 2.16. The van der Waals surface area contributed by atoms with Crippen LogP contribution in [0.15, 0.2) is 18.2 Å². The third-order valence-electron chi connectivity index (χ3n) is 2.82. The van der Waals surface area contributed by atoms with Crippen molar-refractivity contribution in [2.75, 3.05) is 0 Å². The second kappa shape index (κ2) is 4.88. The van der Waals surface area contributed by atoms with Crippen LogP contribution in [0.25, 0.3) is 5.52 Å². The fourth-order valence-corrected chi connectivity index (χ4v) is 2.03. The van der Waals surface area contributed by atoms with Gasteiger partial charge in [-0.05, 0) is 25.5 Å². The van der Waals surface area contributed by atoms with Crippen molar-refractivity contribution in [2.45, 2.75) is 26.2 Å². The molecule has 5 nitrogen and oxygen atoms in total. The summed E-state index contributed by atoms with van der Waals surface area (Å²) in [4.78, 5) is 14.8. The summed E-state index contributed by atoms with van der Waals surface area (Å²) in [5, 5.41) is 17.7. The van der Waals surface area contributed by atoms with Gasteiger partial charge in [0, 0.05) is 18.5 Å². The molecule has 2 aromatic heterocycles. The summed E-state index contributed by atoms with van der Waals surface area (Å²) >= 11 is 0. The summed E-state index contributed by atoms with van der Waals surface area (Å²) in [5.41, 5.74) is 2.17. The summed E-state index contributed by atoms with van der Waals surface area (Å²) < 4.78 is 1.92. The van der Waals surface area contributed by atoms with Crippen LogP contribution in [-0.2, 0) is 11.2 Å². The number of carbonyl (C=O) groups is 1. The van der Waals surface area contributed by atoms with Crippen LogP contribution in [0, 0.1) is 18.3 Å². The first-order valence-electron chi connectivity index (χ1n) is 5.72. The van der Waals surface area contributed by atoms with Crippen LogP contribution in [0.5, 0.6) is 0 Å². The number of rotatable bonds is 4. The van der Waals surface area contributed by atoms with Crippen LogP contribution in [-0.4, -0.2) is 20.5 Å². The van der Waals surface area contributed by atoms with E-state index in [1.165, 1.54) is 0 Å². The monoisotopic (exact) mass is 243 g/mol. The zero-order valence-electron chi connectivity index (χ0n) is 10.1. The second-order valence-electron chi connectivity index (χ2n) is 4.12. The minimum absolute atomic E-state index is 0.114. The number of aliphatic carboxylic acids is 1. The van der Waals surface area contributed by atoms with Crippen molar-refractivity contribution in [2.24, 2.45) is 0 Å². The van der Waals surface area contributed by atoms with Crippen LogP contribution in [0.1, 0.15) is 30.1 Å². The average molecular weight is 243 g/mol. The van der Waals surface area contributed by atoms with E-state index in [1.807, 2.05) is 29.5 Å². The first-order valence-corrected chi connectivity index (χ1v) is 5.72. The number of aromatic nitrogens is 2. The lowest BCUT2D eigenvalue weighted by Gasteiger charge is -2.03. The molecule has 2 rings (SSSR count). The molecule has 2 aromatic rings. The van der Waals surface area contributed by atoms with Crippen LogP contribution in [0.2, 0.25) is 0 Å². The highest BCUT2D eigenvalue weighted by atomic mass is 16.4. The number of hydrogen-bond acceptors (Lipinski definition) is 3. The zero-order valence-corrected chi connectivity index (χ0v) is 10.1. The topological polar surface area (TPSA) is 78.4 Å². The molecule has 0 atom stereocenters. The third-order valence-corrected chi connectivity index (χ3v) is 2.82. The molecule has 0 saturated heterocycles. The molecule has 18 heavy (non-hydrogen) atoms. The molecule has 0 spiro atoms. The van der Waals surface area contributed by atoms with Gasteiger partial charge >= 0.3 is 5.97 Å². The van der Waals surface area contributed by atoms with Crippen molar-refractivity contribution in [3.05, 3.63) is 35.4 Å². The molecule has 0 aliphatic rings. The highest BCUT2D eigenvalue weighted by molar-refractivity contribution is 5.66. The fraction of sp³-hybridized carbons (Fsp3) is 0.308. The van der Waals surface area contributed by atoms with Gasteiger partial charge in [-0.1, -0.05) is 6.07 Å². The summed E-state index contributed by atoms with van der Waals surface area (Å²) in [5.74, 6) is -0.0611. The van der Waals surface area contributed by atoms with Gasteiger partial charge in [0.05, 0.1) is 5.52 Å². The Balaban J connectivity index is 2.39. The Morgan fingerprint density at radius 3 is 3.00 bits per heavy atom. The van der Waals surface area contributed by atoms with Crippen LogP contribution >= 0.6 is 0 Å². The van der Waals surface area contributed by atoms with E-state index in [4.69, 9.17) is 10.4 Å². The largest absolute Gasteiger partial charge is 0.481 e. The molecule has 0 aliphatic carbocycles. The number of carboxylic acids is 1. The molecule has 92 valence electrons. The van der Waals surface area contributed by atoms with Crippen molar-refractivity contribution in [1.29, 1.82) is 5.26 Å². The maximum Gasteiger partial charge on any atom is 0.303 e. The zero-order chi connectivity index (χ0) is 13.1. The first kappa shape index (κ1) is 12.1. The SMILES string of the molecule is Cc1cccc2c(C#N)nc(CCCC(=O)O)n12. The predicted octanol–water partition coefficient (Wildman–Crippen LogP) is 1.92.